The maximum absolute atomic E-state index is 2.44. The Bertz CT molecular complexity index is 2190. The molecule has 0 aliphatic rings. The molecular weight excluding hydrogens is 432 g/mol. The van der Waals surface area contributed by atoms with Gasteiger partial charge in [-0.2, -0.15) is 0 Å². The third-order valence-electron chi connectivity index (χ3n) is 8.26. The van der Waals surface area contributed by atoms with E-state index in [1.807, 2.05) is 0 Å². The fraction of sp³-hybridized carbons (Fsp3) is 0. The average molecular weight is 453 g/mol. The lowest BCUT2D eigenvalue weighted by atomic mass is 9.85. The van der Waals surface area contributed by atoms with Crippen molar-refractivity contribution in [3.8, 4) is 0 Å². The fourth-order valence-corrected chi connectivity index (χ4v) is 6.68. The van der Waals surface area contributed by atoms with Crippen molar-refractivity contribution in [2.75, 3.05) is 0 Å². The van der Waals surface area contributed by atoms with Crippen LogP contribution in [0, 0.1) is 0 Å². The van der Waals surface area contributed by atoms with Crippen LogP contribution in [0.25, 0.3) is 86.2 Å². The second-order valence-corrected chi connectivity index (χ2v) is 10.1. The van der Waals surface area contributed by atoms with Crippen LogP contribution in [-0.2, 0) is 0 Å². The van der Waals surface area contributed by atoms with E-state index in [0.717, 1.165) is 0 Å². The second-order valence-electron chi connectivity index (χ2n) is 10.1. The van der Waals surface area contributed by atoms with Crippen LogP contribution in [0.1, 0.15) is 0 Å². The summed E-state index contributed by atoms with van der Waals surface area (Å²) in [4.78, 5) is 0. The summed E-state index contributed by atoms with van der Waals surface area (Å²) in [5, 5.41) is 21.3. The van der Waals surface area contributed by atoms with Gasteiger partial charge in [0.25, 0.3) is 0 Å². The van der Waals surface area contributed by atoms with E-state index in [2.05, 4.69) is 121 Å². The van der Waals surface area contributed by atoms with Gasteiger partial charge in [-0.25, -0.2) is 0 Å². The SMILES string of the molecule is c1ccc2cc3c(cc2c1)cc1c2cc4cc5ccccc5cc4c4cccc(c5cccc3c51)c42. The fourth-order valence-electron chi connectivity index (χ4n) is 6.68. The Morgan fingerprint density at radius 1 is 0.222 bits per heavy atom. The molecule has 9 aromatic rings. The first-order valence-corrected chi connectivity index (χ1v) is 12.6. The van der Waals surface area contributed by atoms with Crippen LogP contribution < -0.4 is 0 Å². The van der Waals surface area contributed by atoms with Gasteiger partial charge in [0.15, 0.2) is 0 Å². The third-order valence-corrected chi connectivity index (χ3v) is 8.26. The highest BCUT2D eigenvalue weighted by molar-refractivity contribution is 6.39. The Hall–Kier alpha value is -4.68. The van der Waals surface area contributed by atoms with Crippen molar-refractivity contribution in [2.45, 2.75) is 0 Å². The minimum atomic E-state index is 1.29. The van der Waals surface area contributed by atoms with Crippen molar-refractivity contribution in [1.82, 2.24) is 0 Å². The molecule has 0 aliphatic heterocycles. The first-order chi connectivity index (χ1) is 17.8. The predicted molar refractivity (Wildman–Crippen MR) is 158 cm³/mol. The third kappa shape index (κ3) is 2.29. The topological polar surface area (TPSA) is 0 Å². The van der Waals surface area contributed by atoms with Gasteiger partial charge in [-0.1, -0.05) is 84.9 Å². The lowest BCUT2D eigenvalue weighted by Gasteiger charge is -2.18. The summed E-state index contributed by atoms with van der Waals surface area (Å²) in [6.45, 7) is 0. The second kappa shape index (κ2) is 6.50. The number of hydrogen-bond acceptors (Lipinski definition) is 0. The molecule has 9 rings (SSSR count). The van der Waals surface area contributed by atoms with E-state index in [4.69, 9.17) is 0 Å². The lowest BCUT2D eigenvalue weighted by molar-refractivity contribution is 1.79. The minimum absolute atomic E-state index is 1.29. The monoisotopic (exact) mass is 452 g/mol. The number of benzene rings is 9. The van der Waals surface area contributed by atoms with Gasteiger partial charge >= 0.3 is 0 Å². The highest BCUT2D eigenvalue weighted by Gasteiger charge is 2.17. The molecule has 0 heterocycles. The Labute approximate surface area is 207 Å². The maximum atomic E-state index is 2.44. The van der Waals surface area contributed by atoms with Crippen molar-refractivity contribution in [3.63, 3.8) is 0 Å². The molecule has 36 heavy (non-hydrogen) atoms. The first-order valence-electron chi connectivity index (χ1n) is 12.6. The largest absolute Gasteiger partial charge is 0.0616 e. The van der Waals surface area contributed by atoms with E-state index in [0.29, 0.717) is 0 Å². The summed E-state index contributed by atoms with van der Waals surface area (Å²) in [5.74, 6) is 0. The highest BCUT2D eigenvalue weighted by atomic mass is 14.2. The van der Waals surface area contributed by atoms with Crippen molar-refractivity contribution in [3.05, 3.63) is 121 Å². The smallest absolute Gasteiger partial charge is 0.00199 e. The maximum Gasteiger partial charge on any atom is -0.00199 e. The Morgan fingerprint density at radius 3 is 0.972 bits per heavy atom. The van der Waals surface area contributed by atoms with E-state index >= 15 is 0 Å². The van der Waals surface area contributed by atoms with Crippen LogP contribution in [0.4, 0.5) is 0 Å². The van der Waals surface area contributed by atoms with Gasteiger partial charge in [0.05, 0.1) is 0 Å². The molecule has 0 nitrogen and oxygen atoms in total. The van der Waals surface area contributed by atoms with Crippen LogP contribution in [0.5, 0.6) is 0 Å². The quantitative estimate of drug-likeness (QED) is 0.159. The van der Waals surface area contributed by atoms with Crippen LogP contribution in [0.15, 0.2) is 121 Å². The Balaban J connectivity index is 1.59. The standard InChI is InChI=1S/C36H20/c1-3-9-23-17-31-25(15-21(23)7-1)19-33-34-20-26-16-22-8-2-4-10-24(22)18-32(26)30-14-6-12-28(36(30)34)27-11-5-13-29(31)35(27)33/h1-20H. The van der Waals surface area contributed by atoms with Gasteiger partial charge in [0.2, 0.25) is 0 Å². The Morgan fingerprint density at radius 2 is 0.556 bits per heavy atom. The molecule has 0 saturated heterocycles. The van der Waals surface area contributed by atoms with Gasteiger partial charge in [-0.05, 0) is 123 Å². The summed E-state index contributed by atoms with van der Waals surface area (Å²) in [5.41, 5.74) is 0. The molecule has 0 saturated carbocycles. The summed E-state index contributed by atoms with van der Waals surface area (Å²) >= 11 is 0. The molecule has 0 aromatic heterocycles. The molecular formula is C36H20. The van der Waals surface area contributed by atoms with Crippen LogP contribution in [0.3, 0.4) is 0 Å². The Kier molecular flexibility index (Phi) is 3.36. The number of fused-ring (bicyclic) bond motifs is 8. The molecule has 0 radical (unpaired) electrons. The molecule has 164 valence electrons. The van der Waals surface area contributed by atoms with Gasteiger partial charge in [-0.15, -0.1) is 0 Å². The van der Waals surface area contributed by atoms with Crippen LogP contribution >= 0.6 is 0 Å². The zero-order valence-corrected chi connectivity index (χ0v) is 19.5. The minimum Gasteiger partial charge on any atom is -0.0616 e. The van der Waals surface area contributed by atoms with Gasteiger partial charge in [0.1, 0.15) is 0 Å². The van der Waals surface area contributed by atoms with Gasteiger partial charge in [-0.3, -0.25) is 0 Å². The van der Waals surface area contributed by atoms with E-state index < -0.39 is 0 Å². The highest BCUT2D eigenvalue weighted by Crippen LogP contribution is 2.45. The van der Waals surface area contributed by atoms with Crippen molar-refractivity contribution >= 4 is 86.2 Å². The van der Waals surface area contributed by atoms with E-state index in [1.165, 1.54) is 86.2 Å². The average Bonchev–Trinajstić information content (AvgIpc) is 2.93. The summed E-state index contributed by atoms with van der Waals surface area (Å²) in [7, 11) is 0. The summed E-state index contributed by atoms with van der Waals surface area (Å²) in [6, 6.07) is 45.4. The molecule has 0 aliphatic carbocycles. The van der Waals surface area contributed by atoms with Gasteiger partial charge in [0, 0.05) is 0 Å². The van der Waals surface area contributed by atoms with Crippen LogP contribution in [-0.4, -0.2) is 0 Å². The zero-order chi connectivity index (χ0) is 23.4. The van der Waals surface area contributed by atoms with Crippen molar-refractivity contribution in [1.29, 1.82) is 0 Å². The molecule has 0 spiro atoms. The summed E-state index contributed by atoms with van der Waals surface area (Å²) < 4.78 is 0. The number of rotatable bonds is 0. The van der Waals surface area contributed by atoms with Crippen molar-refractivity contribution in [2.24, 2.45) is 0 Å². The first kappa shape index (κ1) is 18.6. The van der Waals surface area contributed by atoms with E-state index in [1.54, 1.807) is 0 Å². The van der Waals surface area contributed by atoms with E-state index in [-0.39, 0.29) is 0 Å². The predicted octanol–water partition coefficient (Wildman–Crippen LogP) is 10.3. The van der Waals surface area contributed by atoms with E-state index in [9.17, 15) is 0 Å². The molecule has 9 aromatic carbocycles. The molecule has 0 N–H and O–H groups in total. The lowest BCUT2D eigenvalue weighted by Crippen LogP contribution is -1.90. The normalized spacial score (nSPS) is 12.4. The molecule has 0 atom stereocenters. The molecule has 0 heteroatoms. The number of hydrogen-bond donors (Lipinski definition) is 0. The van der Waals surface area contributed by atoms with Crippen LogP contribution in [0.2, 0.25) is 0 Å². The molecule has 0 fully saturated rings. The molecule has 0 unspecified atom stereocenters. The molecule has 0 bridgehead atoms. The summed E-state index contributed by atoms with van der Waals surface area (Å²) in [6.07, 6.45) is 0. The zero-order valence-electron chi connectivity index (χ0n) is 19.5. The van der Waals surface area contributed by atoms with Crippen molar-refractivity contribution < 1.29 is 0 Å². The van der Waals surface area contributed by atoms with Gasteiger partial charge < -0.3 is 0 Å². The molecule has 0 amide bonds.